The standard InChI is InChI=1S/C13H13BrFN3O/c1-13(2)7-18-10(6-19-13)11(14)12(17-18)9-4-3-8(15)5-16-9/h3-5H,6-7H2,1-2H3/i1D3,2D3. The maximum absolute atomic E-state index is 13.0. The number of nitrogens with zero attached hydrogens (tertiary/aromatic N) is 3. The van der Waals surface area contributed by atoms with Crippen LogP contribution in [0, 0.1) is 5.82 Å². The van der Waals surface area contributed by atoms with Gasteiger partial charge in [-0.1, -0.05) is 0 Å². The lowest BCUT2D eigenvalue weighted by Gasteiger charge is -2.30. The predicted molar refractivity (Wildman–Crippen MR) is 72.0 cm³/mol. The second-order valence-corrected chi connectivity index (χ2v) is 5.04. The van der Waals surface area contributed by atoms with Crippen molar-refractivity contribution >= 4 is 15.9 Å². The van der Waals surface area contributed by atoms with Crippen LogP contribution in [0.15, 0.2) is 22.8 Å². The fourth-order valence-corrected chi connectivity index (χ4v) is 2.47. The van der Waals surface area contributed by atoms with Gasteiger partial charge in [0.2, 0.25) is 0 Å². The number of aromatic nitrogens is 3. The molecule has 0 aromatic carbocycles. The van der Waals surface area contributed by atoms with Gasteiger partial charge in [0.05, 0.1) is 40.8 Å². The van der Waals surface area contributed by atoms with Gasteiger partial charge in [0.25, 0.3) is 0 Å². The lowest BCUT2D eigenvalue weighted by molar-refractivity contribution is -0.0663. The molecule has 0 fully saturated rings. The molecule has 1 aliphatic rings. The summed E-state index contributed by atoms with van der Waals surface area (Å²) in [4.78, 5) is 3.94. The molecular weight excluding hydrogens is 313 g/mol. The van der Waals surface area contributed by atoms with Crippen LogP contribution < -0.4 is 0 Å². The Morgan fingerprint density at radius 3 is 3.05 bits per heavy atom. The average Bonchev–Trinajstić information content (AvgIpc) is 2.82. The molecule has 3 heterocycles. The van der Waals surface area contributed by atoms with Crippen molar-refractivity contribution < 1.29 is 17.4 Å². The highest BCUT2D eigenvalue weighted by atomic mass is 79.9. The third-order valence-electron chi connectivity index (χ3n) is 2.79. The summed E-state index contributed by atoms with van der Waals surface area (Å²) in [7, 11) is 0. The van der Waals surface area contributed by atoms with E-state index in [0.717, 1.165) is 6.20 Å². The third-order valence-corrected chi connectivity index (χ3v) is 3.62. The van der Waals surface area contributed by atoms with E-state index in [9.17, 15) is 4.39 Å². The van der Waals surface area contributed by atoms with E-state index in [2.05, 4.69) is 26.0 Å². The molecule has 0 amide bonds. The highest BCUT2D eigenvalue weighted by molar-refractivity contribution is 9.10. The normalized spacial score (nSPS) is 23.3. The molecule has 0 N–H and O–H groups in total. The van der Waals surface area contributed by atoms with Gasteiger partial charge in [-0.2, -0.15) is 5.10 Å². The molecule has 0 radical (unpaired) electrons. The number of rotatable bonds is 1. The largest absolute Gasteiger partial charge is 0.367 e. The minimum Gasteiger partial charge on any atom is -0.367 e. The van der Waals surface area contributed by atoms with Crippen LogP contribution in [-0.2, 0) is 17.9 Å². The van der Waals surface area contributed by atoms with Crippen LogP contribution in [0.5, 0.6) is 0 Å². The van der Waals surface area contributed by atoms with Crippen LogP contribution in [0.2, 0.25) is 0 Å². The Labute approximate surface area is 127 Å². The molecule has 0 bridgehead atoms. The maximum atomic E-state index is 13.0. The molecule has 2 aromatic rings. The van der Waals surface area contributed by atoms with Crippen LogP contribution in [0.4, 0.5) is 4.39 Å². The van der Waals surface area contributed by atoms with Gasteiger partial charge in [0.15, 0.2) is 0 Å². The Hall–Kier alpha value is -1.27. The first kappa shape index (κ1) is 7.50. The van der Waals surface area contributed by atoms with Crippen LogP contribution in [0.1, 0.15) is 27.6 Å². The third kappa shape index (κ3) is 2.30. The first-order valence-electron chi connectivity index (χ1n) is 8.47. The van der Waals surface area contributed by atoms with Crippen LogP contribution >= 0.6 is 15.9 Å². The zero-order valence-corrected chi connectivity index (χ0v) is 11.2. The Morgan fingerprint density at radius 2 is 2.37 bits per heavy atom. The van der Waals surface area contributed by atoms with Crippen molar-refractivity contribution in [1.29, 1.82) is 0 Å². The number of ether oxygens (including phenoxy) is 1. The quantitative estimate of drug-likeness (QED) is 0.805. The molecule has 100 valence electrons. The topological polar surface area (TPSA) is 39.9 Å². The van der Waals surface area contributed by atoms with Gasteiger partial charge in [0.1, 0.15) is 11.5 Å². The molecule has 0 atom stereocenters. The van der Waals surface area contributed by atoms with Crippen LogP contribution in [0.25, 0.3) is 11.4 Å². The fourth-order valence-electron chi connectivity index (χ4n) is 1.87. The molecule has 6 heteroatoms. The molecule has 1 aliphatic heterocycles. The molecule has 0 saturated carbocycles. The zero-order chi connectivity index (χ0) is 18.6. The summed E-state index contributed by atoms with van der Waals surface area (Å²) in [5.74, 6) is -0.504. The number of halogens is 2. The van der Waals surface area contributed by atoms with Crippen molar-refractivity contribution in [2.45, 2.75) is 32.5 Å². The van der Waals surface area contributed by atoms with Gasteiger partial charge in [-0.3, -0.25) is 9.67 Å². The van der Waals surface area contributed by atoms with Gasteiger partial charge < -0.3 is 4.74 Å². The lowest BCUT2D eigenvalue weighted by Crippen LogP contribution is -2.36. The molecule has 0 saturated heterocycles. The molecular formula is C13H13BrFN3O. The van der Waals surface area contributed by atoms with E-state index in [-0.39, 0.29) is 6.61 Å². The number of hydrogen-bond donors (Lipinski definition) is 0. The summed E-state index contributed by atoms with van der Waals surface area (Å²) in [6.45, 7) is -6.45. The molecule has 0 unspecified atom stereocenters. The fraction of sp³-hybridized carbons (Fsp3) is 0.385. The predicted octanol–water partition coefficient (Wildman–Crippen LogP) is 3.16. The average molecular weight is 332 g/mol. The summed E-state index contributed by atoms with van der Waals surface area (Å²) in [6.07, 6.45) is 1.03. The van der Waals surface area contributed by atoms with Crippen molar-refractivity contribution in [3.63, 3.8) is 0 Å². The summed E-state index contributed by atoms with van der Waals surface area (Å²) in [5, 5.41) is 4.28. The second-order valence-electron chi connectivity index (χ2n) is 4.24. The smallest absolute Gasteiger partial charge is 0.141 e. The summed E-state index contributed by atoms with van der Waals surface area (Å²) in [6, 6.07) is 2.65. The highest BCUT2D eigenvalue weighted by Gasteiger charge is 2.30. The molecule has 0 spiro atoms. The first-order valence-corrected chi connectivity index (χ1v) is 6.27. The molecule has 4 nitrogen and oxygen atoms in total. The summed E-state index contributed by atoms with van der Waals surface area (Å²) >= 11 is 3.35. The maximum Gasteiger partial charge on any atom is 0.141 e. The molecule has 0 aliphatic carbocycles. The Morgan fingerprint density at radius 1 is 1.53 bits per heavy atom. The van der Waals surface area contributed by atoms with Crippen molar-refractivity contribution in [2.75, 3.05) is 0 Å². The van der Waals surface area contributed by atoms with E-state index in [1.54, 1.807) is 0 Å². The number of fused-ring (bicyclic) bond motifs is 1. The minimum atomic E-state index is -2.87. The van der Waals surface area contributed by atoms with E-state index < -0.39 is 31.7 Å². The first-order chi connectivity index (χ1) is 11.5. The van der Waals surface area contributed by atoms with E-state index in [1.807, 2.05) is 0 Å². The summed E-state index contributed by atoms with van der Waals surface area (Å²) < 4.78 is 66.2. The number of hydrogen-bond acceptors (Lipinski definition) is 3. The van der Waals surface area contributed by atoms with Gasteiger partial charge in [-0.15, -0.1) is 0 Å². The molecule has 19 heavy (non-hydrogen) atoms. The van der Waals surface area contributed by atoms with Crippen molar-refractivity contribution in [3.8, 4) is 11.4 Å². The summed E-state index contributed by atoms with van der Waals surface area (Å²) in [5.41, 5.74) is -1.15. The van der Waals surface area contributed by atoms with Crippen molar-refractivity contribution in [1.82, 2.24) is 14.8 Å². The van der Waals surface area contributed by atoms with E-state index >= 15 is 0 Å². The zero-order valence-electron chi connectivity index (χ0n) is 15.7. The lowest BCUT2D eigenvalue weighted by atomic mass is 10.1. The Bertz CT molecular complexity index is 788. The van der Waals surface area contributed by atoms with E-state index in [1.165, 1.54) is 16.8 Å². The van der Waals surface area contributed by atoms with Gasteiger partial charge >= 0.3 is 0 Å². The van der Waals surface area contributed by atoms with E-state index in [0.29, 0.717) is 21.6 Å². The Balaban J connectivity index is 2.08. The monoisotopic (exact) mass is 331 g/mol. The number of pyridine rings is 1. The van der Waals surface area contributed by atoms with Gasteiger partial charge in [0, 0.05) is 8.22 Å². The molecule has 3 rings (SSSR count). The van der Waals surface area contributed by atoms with Crippen LogP contribution in [0.3, 0.4) is 0 Å². The second kappa shape index (κ2) is 4.38. The van der Waals surface area contributed by atoms with Gasteiger partial charge in [-0.25, -0.2) is 4.39 Å². The Kier molecular flexibility index (Phi) is 1.73. The van der Waals surface area contributed by atoms with Gasteiger partial charge in [-0.05, 0) is 41.8 Å². The SMILES string of the molecule is [2H]C([2H])([2H])C1(C([2H])([2H])[2H])Cn2nc(-c3ccc(F)cn3)c(Br)c2CO1. The highest BCUT2D eigenvalue weighted by Crippen LogP contribution is 2.34. The van der Waals surface area contributed by atoms with E-state index in [4.69, 9.17) is 13.0 Å². The van der Waals surface area contributed by atoms with Crippen LogP contribution in [-0.4, -0.2) is 20.4 Å². The van der Waals surface area contributed by atoms with Crippen molar-refractivity contribution in [3.05, 3.63) is 34.3 Å². The molecule has 2 aromatic heterocycles. The van der Waals surface area contributed by atoms with Crippen molar-refractivity contribution in [2.24, 2.45) is 0 Å². The minimum absolute atomic E-state index is 0.244.